The summed E-state index contributed by atoms with van der Waals surface area (Å²) < 4.78 is 41.0. The van der Waals surface area contributed by atoms with Gasteiger partial charge in [0.2, 0.25) is 10.0 Å². The van der Waals surface area contributed by atoms with E-state index in [2.05, 4.69) is 10.4 Å². The molecule has 7 nitrogen and oxygen atoms in total. The van der Waals surface area contributed by atoms with Crippen LogP contribution in [0.1, 0.15) is 16.1 Å². The predicted molar refractivity (Wildman–Crippen MR) is 109 cm³/mol. The number of nitrogens with one attached hydrogen (secondary N) is 1. The minimum absolute atomic E-state index is 0.0108. The van der Waals surface area contributed by atoms with E-state index in [4.69, 9.17) is 11.6 Å². The van der Waals surface area contributed by atoms with Crippen LogP contribution in [0.3, 0.4) is 0 Å². The van der Waals surface area contributed by atoms with Gasteiger partial charge in [-0.2, -0.15) is 5.10 Å². The Labute approximate surface area is 172 Å². The molecule has 0 aliphatic heterocycles. The van der Waals surface area contributed by atoms with Gasteiger partial charge >= 0.3 is 0 Å². The van der Waals surface area contributed by atoms with Crippen molar-refractivity contribution < 1.29 is 17.6 Å². The first-order valence-corrected chi connectivity index (χ1v) is 10.3. The van der Waals surface area contributed by atoms with Gasteiger partial charge in [0.15, 0.2) is 0 Å². The second-order valence-corrected chi connectivity index (χ2v) is 9.01. The molecule has 1 aromatic heterocycles. The lowest BCUT2D eigenvalue weighted by Gasteiger charge is -2.13. The highest BCUT2D eigenvalue weighted by atomic mass is 35.5. The molecule has 0 radical (unpaired) electrons. The third-order valence-corrected chi connectivity index (χ3v) is 6.14. The van der Waals surface area contributed by atoms with Crippen LogP contribution in [0.5, 0.6) is 0 Å². The number of rotatable bonds is 5. The van der Waals surface area contributed by atoms with Gasteiger partial charge in [0.25, 0.3) is 5.91 Å². The van der Waals surface area contributed by atoms with Crippen LogP contribution >= 0.6 is 11.6 Å². The number of hydrogen-bond acceptors (Lipinski definition) is 4. The molecular weight excluding hydrogens is 419 g/mol. The van der Waals surface area contributed by atoms with E-state index in [0.717, 1.165) is 16.4 Å². The van der Waals surface area contributed by atoms with Gasteiger partial charge < -0.3 is 5.32 Å². The molecule has 0 aliphatic carbocycles. The van der Waals surface area contributed by atoms with Crippen LogP contribution in [0.4, 0.5) is 10.2 Å². The Morgan fingerprint density at radius 2 is 1.90 bits per heavy atom. The molecule has 0 fully saturated rings. The Morgan fingerprint density at radius 1 is 1.17 bits per heavy atom. The average molecular weight is 437 g/mol. The first-order valence-electron chi connectivity index (χ1n) is 8.45. The highest BCUT2D eigenvalue weighted by Gasteiger charge is 2.24. The number of aryl methyl sites for hydroxylation is 1. The van der Waals surface area contributed by atoms with Crippen molar-refractivity contribution in [3.8, 4) is 5.69 Å². The largest absolute Gasteiger partial charge is 0.306 e. The number of aromatic nitrogens is 2. The van der Waals surface area contributed by atoms with Crippen molar-refractivity contribution in [1.82, 2.24) is 14.1 Å². The molecule has 29 heavy (non-hydrogen) atoms. The molecule has 3 rings (SSSR count). The number of hydrogen-bond donors (Lipinski definition) is 1. The molecule has 2 aromatic carbocycles. The summed E-state index contributed by atoms with van der Waals surface area (Å²) in [6.07, 6.45) is 0. The first-order chi connectivity index (χ1) is 13.6. The molecule has 0 aliphatic rings. The molecular formula is C19H18ClFN4O3S. The summed E-state index contributed by atoms with van der Waals surface area (Å²) in [5, 5.41) is 7.53. The fourth-order valence-corrected chi connectivity index (χ4v) is 3.79. The van der Waals surface area contributed by atoms with Gasteiger partial charge in [-0.15, -0.1) is 0 Å². The molecule has 0 atom stereocenters. The highest BCUT2D eigenvalue weighted by molar-refractivity contribution is 7.89. The third-order valence-electron chi connectivity index (χ3n) is 4.08. The van der Waals surface area contributed by atoms with Crippen molar-refractivity contribution in [2.75, 3.05) is 19.4 Å². The van der Waals surface area contributed by atoms with E-state index < -0.39 is 26.6 Å². The SMILES string of the molecule is Cc1cc(NC(=O)c2ccc(F)c(S(=O)(=O)N(C)C)c2)n(-c2cccc(Cl)c2)n1. The van der Waals surface area contributed by atoms with Crippen molar-refractivity contribution in [3.05, 3.63) is 70.6 Å². The molecule has 0 saturated heterocycles. The Bertz CT molecular complexity index is 1190. The number of halogens is 2. The molecule has 0 unspecified atom stereocenters. The first kappa shape index (κ1) is 21.0. The van der Waals surface area contributed by atoms with E-state index in [1.54, 1.807) is 37.3 Å². The van der Waals surface area contributed by atoms with E-state index in [1.165, 1.54) is 24.8 Å². The number of anilines is 1. The van der Waals surface area contributed by atoms with Gasteiger partial charge in [0.1, 0.15) is 16.5 Å². The summed E-state index contributed by atoms with van der Waals surface area (Å²) in [7, 11) is -1.47. The van der Waals surface area contributed by atoms with Crippen molar-refractivity contribution in [2.45, 2.75) is 11.8 Å². The molecule has 0 spiro atoms. The number of carbonyl (C=O) groups excluding carboxylic acids is 1. The van der Waals surface area contributed by atoms with Crippen LogP contribution in [0.25, 0.3) is 5.69 Å². The van der Waals surface area contributed by atoms with Gasteiger partial charge in [0.05, 0.1) is 11.4 Å². The topological polar surface area (TPSA) is 84.3 Å². The van der Waals surface area contributed by atoms with Gasteiger partial charge in [-0.25, -0.2) is 21.8 Å². The average Bonchev–Trinajstić information content (AvgIpc) is 3.02. The normalized spacial score (nSPS) is 11.7. The summed E-state index contributed by atoms with van der Waals surface area (Å²) >= 11 is 6.03. The smallest absolute Gasteiger partial charge is 0.256 e. The second-order valence-electron chi connectivity index (χ2n) is 6.45. The molecule has 3 aromatic rings. The molecule has 0 bridgehead atoms. The monoisotopic (exact) mass is 436 g/mol. The number of benzene rings is 2. The van der Waals surface area contributed by atoms with Gasteiger partial charge in [-0.05, 0) is 43.3 Å². The van der Waals surface area contributed by atoms with Crippen molar-refractivity contribution in [2.24, 2.45) is 0 Å². The Hall–Kier alpha value is -2.75. The van der Waals surface area contributed by atoms with Crippen LogP contribution in [-0.2, 0) is 10.0 Å². The molecule has 10 heteroatoms. The van der Waals surface area contributed by atoms with E-state index in [1.807, 2.05) is 0 Å². The van der Waals surface area contributed by atoms with E-state index in [-0.39, 0.29) is 5.56 Å². The summed E-state index contributed by atoms with van der Waals surface area (Å²) in [5.74, 6) is -1.19. The minimum atomic E-state index is -4.04. The molecule has 0 saturated carbocycles. The maximum absolute atomic E-state index is 14.1. The second kappa shape index (κ2) is 7.94. The molecule has 1 heterocycles. The van der Waals surface area contributed by atoms with E-state index in [9.17, 15) is 17.6 Å². The van der Waals surface area contributed by atoms with Gasteiger partial charge in [-0.3, -0.25) is 4.79 Å². The zero-order valence-corrected chi connectivity index (χ0v) is 17.4. The molecule has 1 N–H and O–H groups in total. The quantitative estimate of drug-likeness (QED) is 0.663. The number of nitrogens with zero attached hydrogens (tertiary/aromatic N) is 3. The van der Waals surface area contributed by atoms with Crippen LogP contribution in [-0.4, -0.2) is 42.5 Å². The van der Waals surface area contributed by atoms with E-state index >= 15 is 0 Å². The summed E-state index contributed by atoms with van der Waals surface area (Å²) in [5.41, 5.74) is 1.27. The standard InChI is InChI=1S/C19H18ClFN4O3S/c1-12-9-18(25(23-12)15-6-4-5-14(20)11-15)22-19(26)13-7-8-16(21)17(10-13)29(27,28)24(2)3/h4-11H,1-3H3,(H,22,26). The van der Waals surface area contributed by atoms with Crippen LogP contribution in [0.15, 0.2) is 53.4 Å². The fraction of sp³-hybridized carbons (Fsp3) is 0.158. The van der Waals surface area contributed by atoms with Crippen LogP contribution in [0, 0.1) is 12.7 Å². The zero-order valence-electron chi connectivity index (χ0n) is 15.8. The van der Waals surface area contributed by atoms with E-state index in [0.29, 0.717) is 22.2 Å². The Balaban J connectivity index is 1.97. The van der Waals surface area contributed by atoms with Crippen molar-refractivity contribution in [1.29, 1.82) is 0 Å². The fourth-order valence-electron chi connectivity index (χ4n) is 2.62. The Kier molecular flexibility index (Phi) is 5.74. The summed E-state index contributed by atoms with van der Waals surface area (Å²) in [4.78, 5) is 12.2. The maximum Gasteiger partial charge on any atom is 0.256 e. The lowest BCUT2D eigenvalue weighted by molar-refractivity contribution is 0.102. The third kappa shape index (κ3) is 4.31. The zero-order chi connectivity index (χ0) is 21.3. The lowest BCUT2D eigenvalue weighted by Crippen LogP contribution is -2.24. The predicted octanol–water partition coefficient (Wildman–Crippen LogP) is 3.48. The lowest BCUT2D eigenvalue weighted by atomic mass is 10.2. The Morgan fingerprint density at radius 3 is 2.55 bits per heavy atom. The summed E-state index contributed by atoms with van der Waals surface area (Å²) in [6, 6.07) is 11.7. The number of sulfonamides is 1. The maximum atomic E-state index is 14.1. The highest BCUT2D eigenvalue weighted by Crippen LogP contribution is 2.23. The van der Waals surface area contributed by atoms with Crippen molar-refractivity contribution >= 4 is 33.3 Å². The minimum Gasteiger partial charge on any atom is -0.306 e. The van der Waals surface area contributed by atoms with Crippen molar-refractivity contribution in [3.63, 3.8) is 0 Å². The van der Waals surface area contributed by atoms with Gasteiger partial charge in [-0.1, -0.05) is 17.7 Å². The molecule has 152 valence electrons. The van der Waals surface area contributed by atoms with Crippen LogP contribution < -0.4 is 5.32 Å². The number of carbonyl (C=O) groups is 1. The van der Waals surface area contributed by atoms with Crippen LogP contribution in [0.2, 0.25) is 5.02 Å². The molecule has 1 amide bonds. The summed E-state index contributed by atoms with van der Waals surface area (Å²) in [6.45, 7) is 1.76. The number of amides is 1. The van der Waals surface area contributed by atoms with Gasteiger partial charge in [0, 0.05) is 30.7 Å².